The van der Waals surface area contributed by atoms with Gasteiger partial charge in [0.25, 0.3) is 5.69 Å². The summed E-state index contributed by atoms with van der Waals surface area (Å²) in [4.78, 5) is 9.77. The Labute approximate surface area is 90.4 Å². The molecule has 84 valence electrons. The molecule has 0 heterocycles. The lowest BCUT2D eigenvalue weighted by Gasteiger charge is -2.10. The molecule has 1 rings (SSSR count). The van der Waals surface area contributed by atoms with E-state index in [0.29, 0.717) is 6.07 Å². The summed E-state index contributed by atoms with van der Waals surface area (Å²) >= 11 is 0. The van der Waals surface area contributed by atoms with Gasteiger partial charge in [0.2, 0.25) is 0 Å². The topological polar surface area (TPSA) is 55.2 Å². The molecule has 4 nitrogen and oxygen atoms in total. The fourth-order valence-corrected chi connectivity index (χ4v) is 1.09. The van der Waals surface area contributed by atoms with Gasteiger partial charge in [-0.2, -0.15) is 0 Å². The van der Waals surface area contributed by atoms with Crippen molar-refractivity contribution in [1.82, 2.24) is 0 Å². The maximum absolute atomic E-state index is 13.3. The molecular formula is C10H8F2N2O2. The third kappa shape index (κ3) is 2.25. The molecule has 0 saturated heterocycles. The molecule has 0 bridgehead atoms. The minimum absolute atomic E-state index is 0.532. The second-order valence-corrected chi connectivity index (χ2v) is 3.05. The van der Waals surface area contributed by atoms with Crippen molar-refractivity contribution in [3.05, 3.63) is 33.9 Å². The lowest BCUT2D eigenvalue weighted by Crippen LogP contribution is -2.15. The number of hydrogen-bond acceptors (Lipinski definition) is 3. The molecule has 6 heteroatoms. The number of rotatable bonds is 3. The lowest BCUT2D eigenvalue weighted by molar-refractivity contribution is -0.384. The number of halogens is 2. The largest absolute Gasteiger partial charge is 0.364 e. The number of nitro benzene ring substituents is 1. The van der Waals surface area contributed by atoms with Crippen molar-refractivity contribution in [2.24, 2.45) is 0 Å². The van der Waals surface area contributed by atoms with Crippen LogP contribution in [0, 0.1) is 34.1 Å². The lowest BCUT2D eigenvalue weighted by atomic mass is 10.2. The molecule has 1 aromatic carbocycles. The van der Waals surface area contributed by atoms with Gasteiger partial charge < -0.3 is 5.32 Å². The van der Waals surface area contributed by atoms with E-state index in [-0.39, 0.29) is 0 Å². The van der Waals surface area contributed by atoms with Gasteiger partial charge in [-0.1, -0.05) is 5.92 Å². The number of nitrogens with zero attached hydrogens (tertiary/aromatic N) is 1. The summed E-state index contributed by atoms with van der Waals surface area (Å²) < 4.78 is 26.2. The number of nitrogens with one attached hydrogen (secondary N) is 1. The fraction of sp³-hybridized carbons (Fsp3) is 0.200. The van der Waals surface area contributed by atoms with Crippen LogP contribution in [-0.4, -0.2) is 11.0 Å². The van der Waals surface area contributed by atoms with Crippen molar-refractivity contribution in [2.45, 2.75) is 13.0 Å². The Hall–Kier alpha value is -2.16. The van der Waals surface area contributed by atoms with Gasteiger partial charge in [-0.3, -0.25) is 10.1 Å². The van der Waals surface area contributed by atoms with E-state index in [4.69, 9.17) is 6.42 Å². The van der Waals surface area contributed by atoms with Gasteiger partial charge in [-0.05, 0) is 13.0 Å². The first-order chi connectivity index (χ1) is 7.47. The summed E-state index contributed by atoms with van der Waals surface area (Å²) in [5.41, 5.74) is -1.09. The third-order valence-electron chi connectivity index (χ3n) is 1.88. The molecule has 1 unspecified atom stereocenters. The first kappa shape index (κ1) is 11.9. The summed E-state index contributed by atoms with van der Waals surface area (Å²) in [6.45, 7) is 1.49. The predicted octanol–water partition coefficient (Wildman–Crippen LogP) is 2.31. The second-order valence-electron chi connectivity index (χ2n) is 3.05. The van der Waals surface area contributed by atoms with Crippen LogP contribution in [0.4, 0.5) is 20.2 Å². The van der Waals surface area contributed by atoms with Gasteiger partial charge in [0.1, 0.15) is 0 Å². The van der Waals surface area contributed by atoms with Gasteiger partial charge in [0, 0.05) is 6.07 Å². The summed E-state index contributed by atoms with van der Waals surface area (Å²) in [5.74, 6) is -0.275. The maximum Gasteiger partial charge on any atom is 0.295 e. The Balaban J connectivity index is 3.27. The molecule has 0 amide bonds. The molecule has 16 heavy (non-hydrogen) atoms. The molecule has 0 saturated carbocycles. The molecule has 0 radical (unpaired) electrons. The molecule has 0 aliphatic heterocycles. The summed E-state index contributed by atoms with van der Waals surface area (Å²) in [6, 6.07) is 0.929. The van der Waals surface area contributed by atoms with Crippen LogP contribution in [-0.2, 0) is 0 Å². The highest BCUT2D eigenvalue weighted by molar-refractivity contribution is 5.63. The number of benzene rings is 1. The van der Waals surface area contributed by atoms with Crippen molar-refractivity contribution in [2.75, 3.05) is 5.32 Å². The normalized spacial score (nSPS) is 11.6. The average molecular weight is 226 g/mol. The smallest absolute Gasteiger partial charge is 0.295 e. The Morgan fingerprint density at radius 1 is 1.56 bits per heavy atom. The van der Waals surface area contributed by atoms with Crippen LogP contribution in [0.1, 0.15) is 6.92 Å². The maximum atomic E-state index is 13.3. The molecule has 0 spiro atoms. The minimum Gasteiger partial charge on any atom is -0.364 e. The molecule has 0 aliphatic rings. The van der Waals surface area contributed by atoms with E-state index in [1.807, 2.05) is 0 Å². The van der Waals surface area contributed by atoms with Gasteiger partial charge in [-0.25, -0.2) is 8.78 Å². The van der Waals surface area contributed by atoms with E-state index in [9.17, 15) is 18.9 Å². The monoisotopic (exact) mass is 226 g/mol. The summed E-state index contributed by atoms with van der Waals surface area (Å²) in [6.07, 6.45) is 5.04. The molecule has 1 aromatic rings. The van der Waals surface area contributed by atoms with E-state index < -0.39 is 34.0 Å². The van der Waals surface area contributed by atoms with E-state index in [1.165, 1.54) is 6.92 Å². The van der Waals surface area contributed by atoms with Crippen LogP contribution in [0.25, 0.3) is 0 Å². The van der Waals surface area contributed by atoms with E-state index in [1.54, 1.807) is 0 Å². The van der Waals surface area contributed by atoms with Gasteiger partial charge >= 0.3 is 0 Å². The van der Waals surface area contributed by atoms with Crippen LogP contribution in [0.2, 0.25) is 0 Å². The first-order valence-corrected chi connectivity index (χ1v) is 4.32. The Kier molecular flexibility index (Phi) is 3.40. The highest BCUT2D eigenvalue weighted by atomic mass is 19.2. The predicted molar refractivity (Wildman–Crippen MR) is 54.9 cm³/mol. The van der Waals surface area contributed by atoms with Gasteiger partial charge in [-0.15, -0.1) is 6.42 Å². The van der Waals surface area contributed by atoms with Gasteiger partial charge in [0.15, 0.2) is 17.3 Å². The van der Waals surface area contributed by atoms with Crippen molar-refractivity contribution in [3.63, 3.8) is 0 Å². The summed E-state index contributed by atoms with van der Waals surface area (Å²) in [7, 11) is 0. The zero-order valence-electron chi connectivity index (χ0n) is 8.33. The van der Waals surface area contributed by atoms with Crippen LogP contribution >= 0.6 is 0 Å². The second kappa shape index (κ2) is 4.57. The van der Waals surface area contributed by atoms with Crippen LogP contribution < -0.4 is 5.32 Å². The van der Waals surface area contributed by atoms with E-state index >= 15 is 0 Å². The van der Waals surface area contributed by atoms with Crippen molar-refractivity contribution < 1.29 is 13.7 Å². The highest BCUT2D eigenvalue weighted by Crippen LogP contribution is 2.29. The Bertz CT molecular complexity index is 469. The third-order valence-corrected chi connectivity index (χ3v) is 1.88. The van der Waals surface area contributed by atoms with Crippen molar-refractivity contribution in [3.8, 4) is 12.3 Å². The molecule has 1 N–H and O–H groups in total. The van der Waals surface area contributed by atoms with Crippen LogP contribution in [0.5, 0.6) is 0 Å². The Morgan fingerprint density at radius 2 is 2.19 bits per heavy atom. The van der Waals surface area contributed by atoms with Crippen LogP contribution in [0.3, 0.4) is 0 Å². The molecule has 1 atom stereocenters. The quantitative estimate of drug-likeness (QED) is 0.488. The number of hydrogen-bond donors (Lipinski definition) is 1. The molecule has 0 fully saturated rings. The van der Waals surface area contributed by atoms with E-state index in [2.05, 4.69) is 11.2 Å². The molecular weight excluding hydrogens is 218 g/mol. The standard InChI is InChI=1S/C10H8F2N2O2/c1-3-6(2)13-10-8(14(15)16)5-4-7(11)9(10)12/h1,4-6,13H,2H3. The molecule has 0 aromatic heterocycles. The Morgan fingerprint density at radius 3 is 2.69 bits per heavy atom. The number of anilines is 1. The zero-order chi connectivity index (χ0) is 12.3. The van der Waals surface area contributed by atoms with E-state index in [0.717, 1.165) is 6.07 Å². The SMILES string of the molecule is C#CC(C)Nc1c([N+](=O)[O-])ccc(F)c1F. The van der Waals surface area contributed by atoms with Crippen molar-refractivity contribution in [1.29, 1.82) is 0 Å². The molecule has 0 aliphatic carbocycles. The summed E-state index contributed by atoms with van der Waals surface area (Å²) in [5, 5.41) is 12.9. The van der Waals surface area contributed by atoms with Crippen LogP contribution in [0.15, 0.2) is 12.1 Å². The highest BCUT2D eigenvalue weighted by Gasteiger charge is 2.22. The minimum atomic E-state index is -1.31. The number of terminal acetylenes is 1. The average Bonchev–Trinajstić information content (AvgIpc) is 2.24. The zero-order valence-corrected chi connectivity index (χ0v) is 8.33. The van der Waals surface area contributed by atoms with Crippen molar-refractivity contribution >= 4 is 11.4 Å². The van der Waals surface area contributed by atoms with Gasteiger partial charge in [0.05, 0.1) is 11.0 Å². The fourth-order valence-electron chi connectivity index (χ4n) is 1.09. The first-order valence-electron chi connectivity index (χ1n) is 4.32. The number of nitro groups is 1.